The maximum absolute atomic E-state index is 12.4. The molecule has 22 heavy (non-hydrogen) atoms. The lowest BCUT2D eigenvalue weighted by Crippen LogP contribution is -2.50. The fourth-order valence-corrected chi connectivity index (χ4v) is 3.31. The first-order chi connectivity index (χ1) is 10.3. The molecule has 3 rings (SSSR count). The van der Waals surface area contributed by atoms with Crippen molar-refractivity contribution in [3.05, 3.63) is 34.3 Å². The fraction of sp³-hybridized carbons (Fsp3) is 0.385. The van der Waals surface area contributed by atoms with E-state index in [1.165, 1.54) is 10.4 Å². The number of hydrogen-bond acceptors (Lipinski definition) is 5. The summed E-state index contributed by atoms with van der Waals surface area (Å²) in [6.07, 6.45) is 1.16. The standard InChI is InChI=1S/C13H15N3O5S/c1-22(19,20)16-6-4-15(5-7-16)12(17)9-2-3-10-11(8-9)21-13(18)14-10/h2-3,8H,4-7H2,1H3,(H,14,18). The number of aromatic nitrogens is 1. The highest BCUT2D eigenvalue weighted by molar-refractivity contribution is 7.88. The number of fused-ring (bicyclic) bond motifs is 1. The van der Waals surface area contributed by atoms with Crippen molar-refractivity contribution in [2.75, 3.05) is 32.4 Å². The lowest BCUT2D eigenvalue weighted by molar-refractivity contribution is 0.0698. The summed E-state index contributed by atoms with van der Waals surface area (Å²) in [5.41, 5.74) is 1.26. The molecule has 1 aromatic heterocycles. The highest BCUT2D eigenvalue weighted by Crippen LogP contribution is 2.15. The third-order valence-corrected chi connectivity index (χ3v) is 4.97. The van der Waals surface area contributed by atoms with Crippen molar-refractivity contribution in [2.45, 2.75) is 0 Å². The van der Waals surface area contributed by atoms with Crippen molar-refractivity contribution in [1.82, 2.24) is 14.2 Å². The zero-order valence-corrected chi connectivity index (χ0v) is 12.7. The Hall–Kier alpha value is -2.13. The van der Waals surface area contributed by atoms with Crippen molar-refractivity contribution in [1.29, 1.82) is 0 Å². The predicted molar refractivity (Wildman–Crippen MR) is 79.2 cm³/mol. The number of amides is 1. The van der Waals surface area contributed by atoms with E-state index in [0.717, 1.165) is 6.26 Å². The van der Waals surface area contributed by atoms with Crippen molar-refractivity contribution in [3.63, 3.8) is 0 Å². The summed E-state index contributed by atoms with van der Waals surface area (Å²) in [4.78, 5) is 27.7. The first-order valence-electron chi connectivity index (χ1n) is 6.72. The van der Waals surface area contributed by atoms with Crippen LogP contribution in [0.1, 0.15) is 10.4 Å². The third-order valence-electron chi connectivity index (χ3n) is 3.66. The minimum absolute atomic E-state index is 0.209. The number of nitrogens with zero attached hydrogens (tertiary/aromatic N) is 2. The number of carbonyl (C=O) groups excluding carboxylic acids is 1. The number of nitrogens with one attached hydrogen (secondary N) is 1. The average molecular weight is 325 g/mol. The van der Waals surface area contributed by atoms with Gasteiger partial charge < -0.3 is 9.32 Å². The van der Waals surface area contributed by atoms with Crippen LogP contribution in [0.15, 0.2) is 27.4 Å². The number of hydrogen-bond donors (Lipinski definition) is 1. The van der Waals surface area contributed by atoms with E-state index < -0.39 is 15.8 Å². The molecule has 1 aromatic carbocycles. The molecule has 118 valence electrons. The second kappa shape index (κ2) is 5.25. The van der Waals surface area contributed by atoms with E-state index in [1.54, 1.807) is 17.0 Å². The molecule has 1 saturated heterocycles. The second-order valence-electron chi connectivity index (χ2n) is 5.18. The average Bonchev–Trinajstić information content (AvgIpc) is 2.84. The zero-order chi connectivity index (χ0) is 15.9. The Morgan fingerprint density at radius 1 is 1.23 bits per heavy atom. The third kappa shape index (κ3) is 2.77. The second-order valence-corrected chi connectivity index (χ2v) is 7.16. The Kier molecular flexibility index (Phi) is 3.53. The summed E-state index contributed by atoms with van der Waals surface area (Å²) in [6.45, 7) is 1.24. The normalized spacial score (nSPS) is 17.0. The summed E-state index contributed by atoms with van der Waals surface area (Å²) < 4.78 is 29.2. The van der Waals surface area contributed by atoms with Gasteiger partial charge in [0.2, 0.25) is 10.0 Å². The Labute approximate surface area is 126 Å². The molecular formula is C13H15N3O5S. The molecule has 9 heteroatoms. The molecule has 1 aliphatic rings. The summed E-state index contributed by atoms with van der Waals surface area (Å²) in [5.74, 6) is -0.778. The molecule has 2 aromatic rings. The highest BCUT2D eigenvalue weighted by atomic mass is 32.2. The van der Waals surface area contributed by atoms with Gasteiger partial charge in [-0.3, -0.25) is 9.78 Å². The number of H-pyrrole nitrogens is 1. The largest absolute Gasteiger partial charge is 0.417 e. The molecule has 1 amide bonds. The van der Waals surface area contributed by atoms with Gasteiger partial charge in [-0.25, -0.2) is 13.2 Å². The maximum atomic E-state index is 12.4. The zero-order valence-electron chi connectivity index (χ0n) is 11.9. The molecule has 0 spiro atoms. The molecule has 1 aliphatic heterocycles. The molecule has 0 aliphatic carbocycles. The number of aromatic amines is 1. The number of carbonyl (C=O) groups is 1. The molecule has 0 unspecified atom stereocenters. The molecular weight excluding hydrogens is 310 g/mol. The summed E-state index contributed by atoms with van der Waals surface area (Å²) in [6, 6.07) is 4.73. The molecule has 0 bridgehead atoms. The Balaban J connectivity index is 1.77. The van der Waals surface area contributed by atoms with Gasteiger partial charge >= 0.3 is 5.76 Å². The van der Waals surface area contributed by atoms with E-state index in [0.29, 0.717) is 29.8 Å². The summed E-state index contributed by atoms with van der Waals surface area (Å²) in [5, 5.41) is 0. The van der Waals surface area contributed by atoms with E-state index in [2.05, 4.69) is 4.98 Å². The van der Waals surface area contributed by atoms with Crippen molar-refractivity contribution in [2.24, 2.45) is 0 Å². The van der Waals surface area contributed by atoms with Crippen LogP contribution in [0.25, 0.3) is 11.1 Å². The van der Waals surface area contributed by atoms with Gasteiger partial charge in [-0.2, -0.15) is 4.31 Å². The van der Waals surface area contributed by atoms with Crippen LogP contribution in [0.5, 0.6) is 0 Å². The smallest absolute Gasteiger partial charge is 0.408 e. The van der Waals surface area contributed by atoms with Gasteiger partial charge in [0, 0.05) is 31.7 Å². The van der Waals surface area contributed by atoms with Crippen LogP contribution in [0, 0.1) is 0 Å². The first-order valence-corrected chi connectivity index (χ1v) is 8.57. The summed E-state index contributed by atoms with van der Waals surface area (Å²) in [7, 11) is -3.22. The van der Waals surface area contributed by atoms with Crippen molar-refractivity contribution < 1.29 is 17.6 Å². The number of oxazole rings is 1. The molecule has 2 heterocycles. The number of benzene rings is 1. The van der Waals surface area contributed by atoms with E-state index in [-0.39, 0.29) is 19.0 Å². The van der Waals surface area contributed by atoms with E-state index in [4.69, 9.17) is 4.42 Å². The van der Waals surface area contributed by atoms with Gasteiger partial charge in [-0.1, -0.05) is 0 Å². The van der Waals surface area contributed by atoms with Gasteiger partial charge in [0.1, 0.15) is 0 Å². The van der Waals surface area contributed by atoms with Crippen molar-refractivity contribution >= 4 is 27.0 Å². The SMILES string of the molecule is CS(=O)(=O)N1CCN(C(=O)c2ccc3[nH]c(=O)oc3c2)CC1. The lowest BCUT2D eigenvalue weighted by Gasteiger charge is -2.33. The van der Waals surface area contributed by atoms with Crippen LogP contribution in [-0.4, -0.2) is 60.9 Å². The molecule has 1 fully saturated rings. The van der Waals surface area contributed by atoms with Gasteiger partial charge in [-0.15, -0.1) is 0 Å². The molecule has 1 N–H and O–H groups in total. The topological polar surface area (TPSA) is 104 Å². The van der Waals surface area contributed by atoms with Crippen LogP contribution in [0.3, 0.4) is 0 Å². The lowest BCUT2D eigenvalue weighted by atomic mass is 10.1. The first kappa shape index (κ1) is 14.8. The highest BCUT2D eigenvalue weighted by Gasteiger charge is 2.26. The fourth-order valence-electron chi connectivity index (χ4n) is 2.48. The quantitative estimate of drug-likeness (QED) is 0.826. The monoisotopic (exact) mass is 325 g/mol. The molecule has 0 radical (unpaired) electrons. The van der Waals surface area contributed by atoms with Crippen molar-refractivity contribution in [3.8, 4) is 0 Å². The number of sulfonamides is 1. The predicted octanol–water partition coefficient (Wildman–Crippen LogP) is -0.162. The minimum atomic E-state index is -3.22. The molecule has 0 saturated carbocycles. The molecule has 8 nitrogen and oxygen atoms in total. The van der Waals surface area contributed by atoms with E-state index in [1.807, 2.05) is 0 Å². The van der Waals surface area contributed by atoms with Gasteiger partial charge in [0.05, 0.1) is 11.8 Å². The van der Waals surface area contributed by atoms with Crippen LogP contribution in [0.4, 0.5) is 0 Å². The van der Waals surface area contributed by atoms with E-state index in [9.17, 15) is 18.0 Å². The number of piperazine rings is 1. The maximum Gasteiger partial charge on any atom is 0.417 e. The van der Waals surface area contributed by atoms with Crippen LogP contribution < -0.4 is 5.76 Å². The minimum Gasteiger partial charge on any atom is -0.408 e. The Morgan fingerprint density at radius 2 is 1.91 bits per heavy atom. The van der Waals surface area contributed by atoms with Crippen LogP contribution in [-0.2, 0) is 10.0 Å². The van der Waals surface area contributed by atoms with Gasteiger partial charge in [-0.05, 0) is 18.2 Å². The number of rotatable bonds is 2. The van der Waals surface area contributed by atoms with Crippen LogP contribution >= 0.6 is 0 Å². The summed E-state index contributed by atoms with van der Waals surface area (Å²) >= 11 is 0. The van der Waals surface area contributed by atoms with Gasteiger partial charge in [0.15, 0.2) is 5.58 Å². The Morgan fingerprint density at radius 3 is 2.55 bits per heavy atom. The van der Waals surface area contributed by atoms with Crippen LogP contribution in [0.2, 0.25) is 0 Å². The molecule has 0 atom stereocenters. The van der Waals surface area contributed by atoms with E-state index >= 15 is 0 Å². The Bertz CT molecular complexity index is 874. The van der Waals surface area contributed by atoms with Gasteiger partial charge in [0.25, 0.3) is 5.91 Å².